The van der Waals surface area contributed by atoms with Gasteiger partial charge >= 0.3 is 11.9 Å². The lowest BCUT2D eigenvalue weighted by atomic mass is 9.74. The van der Waals surface area contributed by atoms with Crippen LogP contribution in [0.2, 0.25) is 10.0 Å². The molecule has 2 unspecified atom stereocenters. The van der Waals surface area contributed by atoms with Gasteiger partial charge < -0.3 is 14.9 Å². The van der Waals surface area contributed by atoms with E-state index in [0.717, 1.165) is 11.1 Å². The Bertz CT molecular complexity index is 933. The SMILES string of the molecule is CC12CCC(=O)C=C1c1c(cc(OC(C(=O)O)C(C)(C)C(=O)O)c(Cl)c1Cl)C2. The van der Waals surface area contributed by atoms with Gasteiger partial charge in [-0.05, 0) is 55.4 Å². The van der Waals surface area contributed by atoms with E-state index < -0.39 is 23.5 Å². The van der Waals surface area contributed by atoms with Gasteiger partial charge in [0.15, 0.2) is 5.78 Å². The van der Waals surface area contributed by atoms with Gasteiger partial charge in [-0.15, -0.1) is 0 Å². The number of hydrogen-bond acceptors (Lipinski definition) is 4. The number of hydrogen-bond donors (Lipinski definition) is 2. The lowest BCUT2D eigenvalue weighted by Crippen LogP contribution is -2.46. The third kappa shape index (κ3) is 3.18. The average molecular weight is 427 g/mol. The molecule has 0 amide bonds. The number of halogens is 2. The summed E-state index contributed by atoms with van der Waals surface area (Å²) in [6.07, 6.45) is 1.67. The number of carbonyl (C=O) groups is 3. The molecule has 28 heavy (non-hydrogen) atoms. The van der Waals surface area contributed by atoms with Crippen LogP contribution in [0.5, 0.6) is 5.75 Å². The number of aliphatic carboxylic acids is 2. The van der Waals surface area contributed by atoms with Gasteiger partial charge in [-0.3, -0.25) is 9.59 Å². The molecule has 2 N–H and O–H groups in total. The van der Waals surface area contributed by atoms with E-state index in [0.29, 0.717) is 24.8 Å². The second kappa shape index (κ2) is 6.78. The van der Waals surface area contributed by atoms with Crippen molar-refractivity contribution in [2.75, 3.05) is 0 Å². The van der Waals surface area contributed by atoms with Gasteiger partial charge in [0.25, 0.3) is 0 Å². The van der Waals surface area contributed by atoms with Gasteiger partial charge in [0.05, 0.1) is 5.02 Å². The standard InChI is InChI=1S/C20H20Cl2O6/c1-19(2,18(26)27)16(17(24)25)28-12-6-9-8-20(3)5-4-10(23)7-11(20)13(9)15(22)14(12)21/h6-7,16H,4-5,8H2,1-3H3,(H,24,25)(H,26,27). The van der Waals surface area contributed by atoms with E-state index in [-0.39, 0.29) is 27.0 Å². The number of ketones is 1. The lowest BCUT2D eigenvalue weighted by molar-refractivity contribution is -0.164. The molecule has 0 saturated heterocycles. The first kappa shape index (κ1) is 20.7. The predicted octanol–water partition coefficient (Wildman–Crippen LogP) is 4.24. The van der Waals surface area contributed by atoms with Crippen LogP contribution >= 0.6 is 23.2 Å². The first-order valence-electron chi connectivity index (χ1n) is 8.77. The Kier molecular flexibility index (Phi) is 5.01. The molecule has 0 fully saturated rings. The Morgan fingerprint density at radius 3 is 2.46 bits per heavy atom. The van der Waals surface area contributed by atoms with Crippen LogP contribution in [0.15, 0.2) is 12.1 Å². The number of fused-ring (bicyclic) bond motifs is 3. The summed E-state index contributed by atoms with van der Waals surface area (Å²) in [5.74, 6) is -2.69. The zero-order chi connectivity index (χ0) is 21.0. The van der Waals surface area contributed by atoms with E-state index in [2.05, 4.69) is 0 Å². The van der Waals surface area contributed by atoms with Crippen molar-refractivity contribution in [1.29, 1.82) is 0 Å². The smallest absolute Gasteiger partial charge is 0.346 e. The van der Waals surface area contributed by atoms with Crippen LogP contribution in [0.4, 0.5) is 0 Å². The Morgan fingerprint density at radius 1 is 1.25 bits per heavy atom. The number of rotatable bonds is 5. The second-order valence-corrected chi connectivity index (χ2v) is 8.92. The molecule has 8 heteroatoms. The van der Waals surface area contributed by atoms with E-state index in [1.165, 1.54) is 13.8 Å². The van der Waals surface area contributed by atoms with E-state index in [9.17, 15) is 24.6 Å². The van der Waals surface area contributed by atoms with Gasteiger partial charge in [-0.25, -0.2) is 4.79 Å². The highest BCUT2D eigenvalue weighted by Crippen LogP contribution is 2.56. The van der Waals surface area contributed by atoms with Crippen molar-refractivity contribution in [2.45, 2.75) is 46.1 Å². The molecule has 150 valence electrons. The minimum atomic E-state index is -1.70. The van der Waals surface area contributed by atoms with Crippen molar-refractivity contribution in [3.05, 3.63) is 33.3 Å². The Labute approximate surface area is 172 Å². The highest BCUT2D eigenvalue weighted by molar-refractivity contribution is 6.44. The largest absolute Gasteiger partial charge is 0.481 e. The van der Waals surface area contributed by atoms with Crippen LogP contribution < -0.4 is 4.74 Å². The number of carboxylic acids is 2. The van der Waals surface area contributed by atoms with Crippen molar-refractivity contribution in [3.8, 4) is 5.75 Å². The zero-order valence-electron chi connectivity index (χ0n) is 15.6. The van der Waals surface area contributed by atoms with Gasteiger partial charge in [0.1, 0.15) is 16.2 Å². The van der Waals surface area contributed by atoms with Crippen LogP contribution in [0.3, 0.4) is 0 Å². The maximum absolute atomic E-state index is 11.9. The third-order valence-electron chi connectivity index (χ3n) is 5.66. The Balaban J connectivity index is 2.08. The number of carbonyl (C=O) groups excluding carboxylic acids is 1. The average Bonchev–Trinajstić information content (AvgIpc) is 2.88. The highest BCUT2D eigenvalue weighted by atomic mass is 35.5. The molecule has 3 rings (SSSR count). The summed E-state index contributed by atoms with van der Waals surface area (Å²) >= 11 is 12.8. The fourth-order valence-corrected chi connectivity index (χ4v) is 4.34. The molecule has 1 aromatic carbocycles. The van der Waals surface area contributed by atoms with Crippen molar-refractivity contribution < 1.29 is 29.3 Å². The van der Waals surface area contributed by atoms with Crippen LogP contribution in [0.25, 0.3) is 5.57 Å². The quantitative estimate of drug-likeness (QED) is 0.729. The summed E-state index contributed by atoms with van der Waals surface area (Å²) < 4.78 is 5.56. The molecular weight excluding hydrogens is 407 g/mol. The molecule has 6 nitrogen and oxygen atoms in total. The van der Waals surface area contributed by atoms with Gasteiger partial charge in [-0.2, -0.15) is 0 Å². The summed E-state index contributed by atoms with van der Waals surface area (Å²) in [5.41, 5.74) is 0.353. The molecule has 0 heterocycles. The molecule has 0 saturated carbocycles. The van der Waals surface area contributed by atoms with Crippen LogP contribution in [-0.2, 0) is 20.8 Å². The maximum atomic E-state index is 11.9. The van der Waals surface area contributed by atoms with Crippen LogP contribution in [-0.4, -0.2) is 34.0 Å². The Morgan fingerprint density at radius 2 is 1.89 bits per heavy atom. The first-order valence-corrected chi connectivity index (χ1v) is 9.53. The fourth-order valence-electron chi connectivity index (χ4n) is 3.83. The molecular formula is C20H20Cl2O6. The predicted molar refractivity (Wildman–Crippen MR) is 104 cm³/mol. The van der Waals surface area contributed by atoms with Gasteiger partial charge in [0, 0.05) is 12.0 Å². The molecule has 2 aliphatic rings. The summed E-state index contributed by atoms with van der Waals surface area (Å²) in [6.45, 7) is 4.58. The van der Waals surface area contributed by atoms with Crippen molar-refractivity contribution in [3.63, 3.8) is 0 Å². The minimum absolute atomic E-state index is 0.00368. The van der Waals surface area contributed by atoms with E-state index in [4.69, 9.17) is 27.9 Å². The van der Waals surface area contributed by atoms with Gasteiger partial charge in [-0.1, -0.05) is 30.1 Å². The lowest BCUT2D eigenvalue weighted by Gasteiger charge is -2.29. The summed E-state index contributed by atoms with van der Waals surface area (Å²) in [5, 5.41) is 19.0. The van der Waals surface area contributed by atoms with Crippen LogP contribution in [0, 0.1) is 10.8 Å². The van der Waals surface area contributed by atoms with Crippen molar-refractivity contribution in [1.82, 2.24) is 0 Å². The van der Waals surface area contributed by atoms with E-state index in [1.807, 2.05) is 6.92 Å². The topological polar surface area (TPSA) is 101 Å². The highest BCUT2D eigenvalue weighted by Gasteiger charge is 2.46. The third-order valence-corrected chi connectivity index (χ3v) is 6.51. The molecule has 0 radical (unpaired) electrons. The first-order chi connectivity index (χ1) is 12.9. The monoisotopic (exact) mass is 426 g/mol. The molecule has 0 spiro atoms. The van der Waals surface area contributed by atoms with E-state index in [1.54, 1.807) is 12.1 Å². The number of allylic oxidation sites excluding steroid dienone is 2. The fraction of sp³-hybridized carbons (Fsp3) is 0.450. The molecule has 0 aromatic heterocycles. The molecule has 2 atom stereocenters. The minimum Gasteiger partial charge on any atom is -0.481 e. The maximum Gasteiger partial charge on any atom is 0.346 e. The Hall–Kier alpha value is -2.05. The molecule has 2 aliphatic carbocycles. The summed E-state index contributed by atoms with van der Waals surface area (Å²) in [7, 11) is 0. The van der Waals surface area contributed by atoms with E-state index >= 15 is 0 Å². The number of ether oxygens (including phenoxy) is 1. The number of carboxylic acid groups (broad SMARTS) is 2. The summed E-state index contributed by atoms with van der Waals surface area (Å²) in [4.78, 5) is 35.1. The van der Waals surface area contributed by atoms with Crippen LogP contribution in [0.1, 0.15) is 44.7 Å². The van der Waals surface area contributed by atoms with Crippen molar-refractivity contribution >= 4 is 46.5 Å². The summed E-state index contributed by atoms with van der Waals surface area (Å²) in [6, 6.07) is 1.60. The van der Waals surface area contributed by atoms with Gasteiger partial charge in [0.2, 0.25) is 6.10 Å². The molecule has 1 aromatic rings. The molecule has 0 bridgehead atoms. The van der Waals surface area contributed by atoms with Crippen molar-refractivity contribution in [2.24, 2.45) is 10.8 Å². The number of benzene rings is 1. The zero-order valence-corrected chi connectivity index (χ0v) is 17.1. The normalized spacial score (nSPS) is 22.2. The second-order valence-electron chi connectivity index (χ2n) is 8.16. The molecule has 0 aliphatic heterocycles.